The van der Waals surface area contributed by atoms with Crippen LogP contribution in [-0.4, -0.2) is 24.6 Å². The molecule has 5 nitrogen and oxygen atoms in total. The Bertz CT molecular complexity index is 713. The molecule has 5 heteroatoms. The van der Waals surface area contributed by atoms with Crippen LogP contribution in [0.25, 0.3) is 0 Å². The summed E-state index contributed by atoms with van der Waals surface area (Å²) in [6, 6.07) is 15.8. The fraction of sp³-hybridized carbons (Fsp3) is 0.364. The first kappa shape index (κ1) is 20.5. The van der Waals surface area contributed by atoms with E-state index in [1.165, 1.54) is 12.8 Å². The van der Waals surface area contributed by atoms with Crippen LogP contribution in [0.3, 0.4) is 0 Å². The van der Waals surface area contributed by atoms with E-state index in [0.717, 1.165) is 18.6 Å². The Morgan fingerprint density at radius 1 is 0.963 bits per heavy atom. The normalized spacial score (nSPS) is 11.5. The highest BCUT2D eigenvalue weighted by Gasteiger charge is 2.19. The maximum absolute atomic E-state index is 12.2. The van der Waals surface area contributed by atoms with Crippen LogP contribution in [0, 0.1) is 0 Å². The lowest BCUT2D eigenvalue weighted by atomic mass is 10.2. The third kappa shape index (κ3) is 7.13. The molecule has 0 saturated heterocycles. The first-order chi connectivity index (χ1) is 13.1. The molecule has 1 amide bonds. The number of para-hydroxylation sites is 1. The van der Waals surface area contributed by atoms with Crippen molar-refractivity contribution in [3.8, 4) is 5.75 Å². The Kier molecular flexibility index (Phi) is 8.36. The van der Waals surface area contributed by atoms with Gasteiger partial charge in [0.25, 0.3) is 5.91 Å². The second-order valence-electron chi connectivity index (χ2n) is 6.34. The number of carbonyl (C=O) groups is 2. The van der Waals surface area contributed by atoms with Crippen molar-refractivity contribution in [3.05, 3.63) is 60.2 Å². The van der Waals surface area contributed by atoms with Gasteiger partial charge in [0, 0.05) is 5.69 Å². The summed E-state index contributed by atoms with van der Waals surface area (Å²) in [4.78, 5) is 24.3. The number of hydrogen-bond acceptors (Lipinski definition) is 4. The van der Waals surface area contributed by atoms with E-state index >= 15 is 0 Å². The van der Waals surface area contributed by atoms with Crippen molar-refractivity contribution in [3.63, 3.8) is 0 Å². The average Bonchev–Trinajstić information content (AvgIpc) is 2.69. The highest BCUT2D eigenvalue weighted by molar-refractivity contribution is 5.97. The van der Waals surface area contributed by atoms with Gasteiger partial charge in [0.1, 0.15) is 5.75 Å². The Labute approximate surface area is 160 Å². The SMILES string of the molecule is CCCCCCOc1ccc(C(=O)O[C@@H](C)C(=O)Nc2ccccc2)cc1. The van der Waals surface area contributed by atoms with Crippen molar-refractivity contribution in [1.82, 2.24) is 0 Å². The number of rotatable bonds is 10. The number of amides is 1. The summed E-state index contributed by atoms with van der Waals surface area (Å²) in [5.74, 6) is -0.195. The van der Waals surface area contributed by atoms with E-state index in [4.69, 9.17) is 9.47 Å². The van der Waals surface area contributed by atoms with E-state index in [1.807, 2.05) is 18.2 Å². The third-order valence-corrected chi connectivity index (χ3v) is 4.05. The van der Waals surface area contributed by atoms with Crippen LogP contribution in [0.4, 0.5) is 5.69 Å². The van der Waals surface area contributed by atoms with Crippen LogP contribution in [0.1, 0.15) is 49.9 Å². The molecule has 0 aliphatic heterocycles. The molecule has 0 aliphatic rings. The Morgan fingerprint density at radius 2 is 1.67 bits per heavy atom. The molecule has 2 aromatic carbocycles. The molecular weight excluding hydrogens is 342 g/mol. The quantitative estimate of drug-likeness (QED) is 0.481. The smallest absolute Gasteiger partial charge is 0.338 e. The molecule has 0 bridgehead atoms. The number of benzene rings is 2. The predicted octanol–water partition coefficient (Wildman–Crippen LogP) is 4.83. The minimum Gasteiger partial charge on any atom is -0.494 e. The maximum Gasteiger partial charge on any atom is 0.338 e. The molecule has 0 saturated carbocycles. The highest BCUT2D eigenvalue weighted by Crippen LogP contribution is 2.15. The molecule has 2 rings (SSSR count). The van der Waals surface area contributed by atoms with Gasteiger partial charge in [-0.3, -0.25) is 4.79 Å². The molecule has 27 heavy (non-hydrogen) atoms. The Morgan fingerprint density at radius 3 is 2.33 bits per heavy atom. The molecular formula is C22H27NO4. The van der Waals surface area contributed by atoms with Gasteiger partial charge in [-0.15, -0.1) is 0 Å². The van der Waals surface area contributed by atoms with Crippen LogP contribution in [0.15, 0.2) is 54.6 Å². The lowest BCUT2D eigenvalue weighted by Gasteiger charge is -2.14. The van der Waals surface area contributed by atoms with Gasteiger partial charge in [0.05, 0.1) is 12.2 Å². The summed E-state index contributed by atoms with van der Waals surface area (Å²) in [5, 5.41) is 2.71. The first-order valence-corrected chi connectivity index (χ1v) is 9.40. The van der Waals surface area contributed by atoms with E-state index in [1.54, 1.807) is 43.3 Å². The molecule has 0 aromatic heterocycles. The second kappa shape index (κ2) is 11.0. The number of hydrogen-bond donors (Lipinski definition) is 1. The van der Waals surface area contributed by atoms with Crippen LogP contribution in [-0.2, 0) is 9.53 Å². The van der Waals surface area contributed by atoms with Gasteiger partial charge in [-0.2, -0.15) is 0 Å². The summed E-state index contributed by atoms with van der Waals surface area (Å²) in [6.45, 7) is 4.38. The number of anilines is 1. The van der Waals surface area contributed by atoms with Gasteiger partial charge >= 0.3 is 5.97 Å². The number of esters is 1. The molecule has 0 aliphatic carbocycles. The summed E-state index contributed by atoms with van der Waals surface area (Å²) in [7, 11) is 0. The van der Waals surface area contributed by atoms with E-state index in [-0.39, 0.29) is 5.91 Å². The van der Waals surface area contributed by atoms with Crippen LogP contribution in [0.2, 0.25) is 0 Å². The van der Waals surface area contributed by atoms with Crippen LogP contribution < -0.4 is 10.1 Å². The van der Waals surface area contributed by atoms with Crippen molar-refractivity contribution in [1.29, 1.82) is 0 Å². The summed E-state index contributed by atoms with van der Waals surface area (Å²) >= 11 is 0. The molecule has 144 valence electrons. The van der Waals surface area contributed by atoms with Crippen molar-refractivity contribution in [2.75, 3.05) is 11.9 Å². The second-order valence-corrected chi connectivity index (χ2v) is 6.34. The zero-order chi connectivity index (χ0) is 19.5. The molecule has 0 spiro atoms. The Hall–Kier alpha value is -2.82. The van der Waals surface area contributed by atoms with Crippen molar-refractivity contribution in [2.24, 2.45) is 0 Å². The van der Waals surface area contributed by atoms with E-state index in [2.05, 4.69) is 12.2 Å². The standard InChI is InChI=1S/C22H27NO4/c1-3-4-5-9-16-26-20-14-12-18(13-15-20)22(25)27-17(2)21(24)23-19-10-7-6-8-11-19/h6-8,10-15,17H,3-5,9,16H2,1-2H3,(H,23,24)/t17-/m0/s1. The molecule has 0 heterocycles. The Balaban J connectivity index is 1.80. The largest absolute Gasteiger partial charge is 0.494 e. The fourth-order valence-electron chi connectivity index (χ4n) is 2.45. The number of carbonyl (C=O) groups excluding carboxylic acids is 2. The summed E-state index contributed by atoms with van der Waals surface area (Å²) < 4.78 is 10.9. The average molecular weight is 369 g/mol. The molecule has 0 radical (unpaired) electrons. The summed E-state index contributed by atoms with van der Waals surface area (Å²) in [5.41, 5.74) is 1.04. The maximum atomic E-state index is 12.2. The molecule has 0 unspecified atom stereocenters. The van der Waals surface area contributed by atoms with Crippen LogP contribution in [0.5, 0.6) is 5.75 Å². The topological polar surface area (TPSA) is 64.6 Å². The predicted molar refractivity (Wildman–Crippen MR) is 106 cm³/mol. The van der Waals surface area contributed by atoms with Crippen molar-refractivity contribution >= 4 is 17.6 Å². The van der Waals surface area contributed by atoms with Gasteiger partial charge in [-0.25, -0.2) is 4.79 Å². The van der Waals surface area contributed by atoms with Gasteiger partial charge < -0.3 is 14.8 Å². The van der Waals surface area contributed by atoms with Gasteiger partial charge in [-0.1, -0.05) is 44.4 Å². The lowest BCUT2D eigenvalue weighted by molar-refractivity contribution is -0.123. The first-order valence-electron chi connectivity index (χ1n) is 9.40. The monoisotopic (exact) mass is 369 g/mol. The molecule has 0 fully saturated rings. The van der Waals surface area contributed by atoms with Gasteiger partial charge in [-0.05, 0) is 49.7 Å². The molecule has 1 atom stereocenters. The van der Waals surface area contributed by atoms with E-state index < -0.39 is 12.1 Å². The van der Waals surface area contributed by atoms with Gasteiger partial charge in [0.15, 0.2) is 6.10 Å². The fourth-order valence-corrected chi connectivity index (χ4v) is 2.45. The minimum atomic E-state index is -0.896. The number of ether oxygens (including phenoxy) is 2. The van der Waals surface area contributed by atoms with Gasteiger partial charge in [0.2, 0.25) is 0 Å². The number of unbranched alkanes of at least 4 members (excludes halogenated alkanes) is 3. The van der Waals surface area contributed by atoms with Crippen molar-refractivity contribution < 1.29 is 19.1 Å². The third-order valence-electron chi connectivity index (χ3n) is 4.05. The zero-order valence-electron chi connectivity index (χ0n) is 15.9. The van der Waals surface area contributed by atoms with Crippen molar-refractivity contribution in [2.45, 2.75) is 45.6 Å². The minimum absolute atomic E-state index is 0.374. The number of nitrogens with one attached hydrogen (secondary N) is 1. The summed E-state index contributed by atoms with van der Waals surface area (Å²) in [6.07, 6.45) is 3.69. The zero-order valence-corrected chi connectivity index (χ0v) is 15.9. The highest BCUT2D eigenvalue weighted by atomic mass is 16.5. The lowest BCUT2D eigenvalue weighted by Crippen LogP contribution is -2.29. The van der Waals surface area contributed by atoms with E-state index in [0.29, 0.717) is 17.9 Å². The van der Waals surface area contributed by atoms with E-state index in [9.17, 15) is 9.59 Å². The van der Waals surface area contributed by atoms with Crippen LogP contribution >= 0.6 is 0 Å². The molecule has 2 aromatic rings. The molecule has 1 N–H and O–H groups in total.